The highest BCUT2D eigenvalue weighted by atomic mass is 35.5. The number of hydrogen-bond acceptors (Lipinski definition) is 3. The predicted molar refractivity (Wildman–Crippen MR) is 85.8 cm³/mol. The largest absolute Gasteiger partial charge is 0.490 e. The molecule has 4 nitrogen and oxygen atoms in total. The third kappa shape index (κ3) is 3.93. The Labute approximate surface area is 138 Å². The van der Waals surface area contributed by atoms with Gasteiger partial charge in [0.05, 0.1) is 24.7 Å². The van der Waals surface area contributed by atoms with E-state index in [-0.39, 0.29) is 17.4 Å². The van der Waals surface area contributed by atoms with E-state index in [9.17, 15) is 9.18 Å². The molecule has 2 aromatic rings. The van der Waals surface area contributed by atoms with Crippen LogP contribution in [0.1, 0.15) is 12.0 Å². The van der Waals surface area contributed by atoms with Gasteiger partial charge in [0, 0.05) is 12.1 Å². The Morgan fingerprint density at radius 2 is 1.91 bits per heavy atom. The summed E-state index contributed by atoms with van der Waals surface area (Å²) in [5.41, 5.74) is 1.26. The molecule has 0 aliphatic carbocycles. The number of halogens is 2. The van der Waals surface area contributed by atoms with Gasteiger partial charge in [-0.2, -0.15) is 0 Å². The number of carbonyl (C=O) groups is 1. The second kappa shape index (κ2) is 6.87. The molecule has 0 saturated carbocycles. The summed E-state index contributed by atoms with van der Waals surface area (Å²) in [4.78, 5) is 12.1. The molecular weight excluding hydrogens is 321 g/mol. The van der Waals surface area contributed by atoms with Crippen molar-refractivity contribution in [2.75, 3.05) is 18.5 Å². The summed E-state index contributed by atoms with van der Waals surface area (Å²) in [5.74, 6) is 0.601. The van der Waals surface area contributed by atoms with Gasteiger partial charge in [0.1, 0.15) is 5.82 Å². The Bertz CT molecular complexity index is 736. The normalized spacial score (nSPS) is 13.3. The lowest BCUT2D eigenvalue weighted by atomic mass is 10.1. The highest BCUT2D eigenvalue weighted by Gasteiger charge is 2.12. The van der Waals surface area contributed by atoms with Gasteiger partial charge in [-0.15, -0.1) is 0 Å². The van der Waals surface area contributed by atoms with E-state index in [4.69, 9.17) is 21.1 Å². The van der Waals surface area contributed by atoms with Gasteiger partial charge in [0.2, 0.25) is 5.91 Å². The van der Waals surface area contributed by atoms with Crippen LogP contribution in [0.4, 0.5) is 10.1 Å². The molecule has 0 bridgehead atoms. The zero-order valence-corrected chi connectivity index (χ0v) is 13.0. The van der Waals surface area contributed by atoms with Crippen LogP contribution in [0.5, 0.6) is 11.5 Å². The second-order valence-electron chi connectivity index (χ2n) is 5.19. The lowest BCUT2D eigenvalue weighted by Gasteiger charge is -2.10. The zero-order chi connectivity index (χ0) is 16.2. The first-order valence-electron chi connectivity index (χ1n) is 7.25. The van der Waals surface area contributed by atoms with Crippen LogP contribution in [0.25, 0.3) is 0 Å². The first kappa shape index (κ1) is 15.6. The molecule has 3 rings (SSSR count). The molecule has 0 saturated heterocycles. The van der Waals surface area contributed by atoms with Gasteiger partial charge in [-0.1, -0.05) is 17.7 Å². The lowest BCUT2D eigenvalue weighted by Crippen LogP contribution is -2.14. The van der Waals surface area contributed by atoms with Gasteiger partial charge in [-0.3, -0.25) is 4.79 Å². The summed E-state index contributed by atoms with van der Waals surface area (Å²) in [5, 5.41) is 2.66. The number of ether oxygens (including phenoxy) is 2. The fourth-order valence-corrected chi connectivity index (χ4v) is 2.46. The molecule has 1 amide bonds. The Morgan fingerprint density at radius 3 is 2.70 bits per heavy atom. The van der Waals surface area contributed by atoms with Crippen LogP contribution < -0.4 is 14.8 Å². The maximum absolute atomic E-state index is 13.1. The van der Waals surface area contributed by atoms with E-state index in [0.29, 0.717) is 30.4 Å². The minimum atomic E-state index is -0.521. The molecule has 2 aromatic carbocycles. The van der Waals surface area contributed by atoms with Gasteiger partial charge in [0.25, 0.3) is 0 Å². The Kier molecular flexibility index (Phi) is 4.67. The maximum atomic E-state index is 13.1. The second-order valence-corrected chi connectivity index (χ2v) is 5.59. The smallest absolute Gasteiger partial charge is 0.228 e. The van der Waals surface area contributed by atoms with Gasteiger partial charge in [0.15, 0.2) is 11.5 Å². The quantitative estimate of drug-likeness (QED) is 0.927. The minimum absolute atomic E-state index is 0.0293. The Balaban J connectivity index is 1.67. The Hall–Kier alpha value is -2.27. The monoisotopic (exact) mass is 335 g/mol. The number of benzene rings is 2. The average Bonchev–Trinajstić information content (AvgIpc) is 2.75. The molecular formula is C17H15ClFNO3. The summed E-state index contributed by atoms with van der Waals surface area (Å²) in [6, 6.07) is 9.49. The van der Waals surface area contributed by atoms with E-state index in [0.717, 1.165) is 12.0 Å². The molecule has 0 atom stereocenters. The highest BCUT2D eigenvalue weighted by molar-refractivity contribution is 6.31. The fourth-order valence-electron chi connectivity index (χ4n) is 2.28. The molecule has 0 fully saturated rings. The van der Waals surface area contributed by atoms with Crippen molar-refractivity contribution in [3.63, 3.8) is 0 Å². The Morgan fingerprint density at radius 1 is 1.13 bits per heavy atom. The van der Waals surface area contributed by atoms with Gasteiger partial charge in [-0.05, 0) is 35.9 Å². The molecule has 120 valence electrons. The molecule has 1 aliphatic heterocycles. The number of anilines is 1. The van der Waals surface area contributed by atoms with Crippen LogP contribution in [0.3, 0.4) is 0 Å². The molecule has 6 heteroatoms. The third-order valence-electron chi connectivity index (χ3n) is 3.38. The summed E-state index contributed by atoms with van der Waals surface area (Å²) < 4.78 is 24.3. The van der Waals surface area contributed by atoms with E-state index < -0.39 is 5.82 Å². The molecule has 0 unspecified atom stereocenters. The molecule has 1 heterocycles. The van der Waals surface area contributed by atoms with Crippen molar-refractivity contribution in [3.05, 3.63) is 52.8 Å². The summed E-state index contributed by atoms with van der Waals surface area (Å²) in [6.07, 6.45) is 1.00. The van der Waals surface area contributed by atoms with Crippen LogP contribution >= 0.6 is 11.6 Å². The van der Waals surface area contributed by atoms with Crippen LogP contribution in [0.15, 0.2) is 36.4 Å². The van der Waals surface area contributed by atoms with Crippen LogP contribution in [0.2, 0.25) is 5.02 Å². The van der Waals surface area contributed by atoms with Crippen LogP contribution in [-0.2, 0) is 11.2 Å². The summed E-state index contributed by atoms with van der Waals surface area (Å²) in [7, 11) is 0. The zero-order valence-electron chi connectivity index (χ0n) is 12.3. The van der Waals surface area contributed by atoms with Crippen molar-refractivity contribution >= 4 is 23.2 Å². The molecule has 23 heavy (non-hydrogen) atoms. The number of rotatable bonds is 3. The molecule has 0 radical (unpaired) electrons. The van der Waals surface area contributed by atoms with Crippen molar-refractivity contribution in [1.29, 1.82) is 0 Å². The number of amides is 1. The predicted octanol–water partition coefficient (Wildman–Crippen LogP) is 3.82. The van der Waals surface area contributed by atoms with Crippen molar-refractivity contribution in [1.82, 2.24) is 0 Å². The van der Waals surface area contributed by atoms with Crippen LogP contribution in [-0.4, -0.2) is 19.1 Å². The van der Waals surface area contributed by atoms with E-state index in [1.165, 1.54) is 18.2 Å². The number of carbonyl (C=O) groups excluding carboxylic acids is 1. The lowest BCUT2D eigenvalue weighted by molar-refractivity contribution is -0.115. The minimum Gasteiger partial charge on any atom is -0.490 e. The van der Waals surface area contributed by atoms with Crippen molar-refractivity contribution in [2.45, 2.75) is 12.8 Å². The van der Waals surface area contributed by atoms with E-state index in [1.807, 2.05) is 6.07 Å². The first-order valence-corrected chi connectivity index (χ1v) is 7.63. The first-order chi connectivity index (χ1) is 11.1. The number of hydrogen-bond donors (Lipinski definition) is 1. The average molecular weight is 336 g/mol. The highest BCUT2D eigenvalue weighted by Crippen LogP contribution is 2.30. The SMILES string of the molecule is O=C(Cc1ccc2c(c1)OCCCO2)Nc1ccc(F)c(Cl)c1. The van der Waals surface area contributed by atoms with Crippen LogP contribution in [0, 0.1) is 5.82 Å². The van der Waals surface area contributed by atoms with E-state index in [2.05, 4.69) is 5.32 Å². The van der Waals surface area contributed by atoms with E-state index >= 15 is 0 Å². The number of nitrogens with one attached hydrogen (secondary N) is 1. The van der Waals surface area contributed by atoms with Gasteiger partial charge < -0.3 is 14.8 Å². The summed E-state index contributed by atoms with van der Waals surface area (Å²) in [6.45, 7) is 1.22. The van der Waals surface area contributed by atoms with Crippen molar-refractivity contribution < 1.29 is 18.7 Å². The maximum Gasteiger partial charge on any atom is 0.228 e. The van der Waals surface area contributed by atoms with Crippen molar-refractivity contribution in [3.8, 4) is 11.5 Å². The number of fused-ring (bicyclic) bond motifs is 1. The molecule has 1 aliphatic rings. The molecule has 1 N–H and O–H groups in total. The summed E-state index contributed by atoms with van der Waals surface area (Å²) >= 11 is 5.70. The fraction of sp³-hybridized carbons (Fsp3) is 0.235. The van der Waals surface area contributed by atoms with Crippen molar-refractivity contribution in [2.24, 2.45) is 0 Å². The standard InChI is InChI=1S/C17H15ClFNO3/c18-13-10-12(3-4-14(13)19)20-17(21)9-11-2-5-15-16(8-11)23-7-1-6-22-15/h2-5,8,10H,1,6-7,9H2,(H,20,21). The van der Waals surface area contributed by atoms with Gasteiger partial charge >= 0.3 is 0 Å². The van der Waals surface area contributed by atoms with E-state index in [1.54, 1.807) is 12.1 Å². The molecule has 0 aromatic heterocycles. The third-order valence-corrected chi connectivity index (χ3v) is 3.67. The topological polar surface area (TPSA) is 47.6 Å². The molecule has 0 spiro atoms. The van der Waals surface area contributed by atoms with Gasteiger partial charge in [-0.25, -0.2) is 4.39 Å².